The predicted molar refractivity (Wildman–Crippen MR) is 60.9 cm³/mol. The molecular formula is C12H14F4N2. The third-order valence-electron chi connectivity index (χ3n) is 3.32. The first-order chi connectivity index (χ1) is 8.36. The largest absolute Gasteiger partial charge is 0.416 e. The fraction of sp³-hybridized carbons (Fsp3) is 0.500. The highest BCUT2D eigenvalue weighted by atomic mass is 19.4. The van der Waals surface area contributed by atoms with Gasteiger partial charge in [0, 0.05) is 12.0 Å². The van der Waals surface area contributed by atoms with Crippen molar-refractivity contribution in [1.82, 2.24) is 0 Å². The summed E-state index contributed by atoms with van der Waals surface area (Å²) in [5, 5.41) is 2.78. The minimum Gasteiger partial charge on any atom is -0.379 e. The average Bonchev–Trinajstić information content (AvgIpc) is 2.57. The maximum absolute atomic E-state index is 13.6. The minimum atomic E-state index is -4.48. The molecule has 0 radical (unpaired) electrons. The van der Waals surface area contributed by atoms with Gasteiger partial charge in [-0.15, -0.1) is 0 Å². The molecule has 18 heavy (non-hydrogen) atoms. The summed E-state index contributed by atoms with van der Waals surface area (Å²) < 4.78 is 52.4. The maximum atomic E-state index is 13.6. The van der Waals surface area contributed by atoms with Crippen molar-refractivity contribution in [2.24, 2.45) is 5.73 Å². The molecular weight excluding hydrogens is 248 g/mol. The Balaban J connectivity index is 2.58. The zero-order valence-corrected chi connectivity index (χ0v) is 9.81. The lowest BCUT2D eigenvalue weighted by molar-refractivity contribution is -0.138. The van der Waals surface area contributed by atoms with Gasteiger partial charge in [-0.2, -0.15) is 13.2 Å². The maximum Gasteiger partial charge on any atom is 0.416 e. The Morgan fingerprint density at radius 3 is 2.56 bits per heavy atom. The van der Waals surface area contributed by atoms with Gasteiger partial charge in [0.1, 0.15) is 5.82 Å². The molecule has 6 heteroatoms. The van der Waals surface area contributed by atoms with Crippen molar-refractivity contribution in [2.75, 3.05) is 11.9 Å². The van der Waals surface area contributed by atoms with E-state index in [1.165, 1.54) is 0 Å². The fourth-order valence-electron chi connectivity index (χ4n) is 2.52. The topological polar surface area (TPSA) is 38.0 Å². The molecule has 0 fully saturated rings. The summed E-state index contributed by atoms with van der Waals surface area (Å²) in [6.07, 6.45) is -4.08. The van der Waals surface area contributed by atoms with Crippen molar-refractivity contribution >= 4 is 5.69 Å². The predicted octanol–water partition coefficient (Wildman–Crippen LogP) is 3.09. The Morgan fingerprint density at radius 1 is 1.33 bits per heavy atom. The number of hydrogen-bond acceptors (Lipinski definition) is 2. The molecule has 3 N–H and O–H groups in total. The van der Waals surface area contributed by atoms with E-state index in [2.05, 4.69) is 5.32 Å². The number of halogens is 4. The molecule has 0 saturated carbocycles. The fourth-order valence-corrected chi connectivity index (χ4v) is 2.52. The van der Waals surface area contributed by atoms with E-state index in [1.54, 1.807) is 6.92 Å². The molecule has 0 aromatic heterocycles. The molecule has 2 nitrogen and oxygen atoms in total. The molecule has 0 saturated heterocycles. The molecule has 0 spiro atoms. The van der Waals surface area contributed by atoms with Crippen LogP contribution in [0, 0.1) is 5.82 Å². The van der Waals surface area contributed by atoms with E-state index in [0.29, 0.717) is 6.42 Å². The zero-order chi connectivity index (χ0) is 13.5. The van der Waals surface area contributed by atoms with Crippen molar-refractivity contribution in [3.05, 3.63) is 29.1 Å². The minimum absolute atomic E-state index is 0.0143. The van der Waals surface area contributed by atoms with Gasteiger partial charge < -0.3 is 11.1 Å². The molecule has 2 unspecified atom stereocenters. The molecule has 0 bridgehead atoms. The van der Waals surface area contributed by atoms with Crippen LogP contribution in [0.1, 0.15) is 30.4 Å². The van der Waals surface area contributed by atoms with Crippen LogP contribution >= 0.6 is 0 Å². The monoisotopic (exact) mass is 262 g/mol. The molecule has 1 aliphatic heterocycles. The summed E-state index contributed by atoms with van der Waals surface area (Å²) >= 11 is 0. The average molecular weight is 262 g/mol. The first-order valence-electron chi connectivity index (χ1n) is 5.72. The van der Waals surface area contributed by atoms with Crippen molar-refractivity contribution in [2.45, 2.75) is 31.5 Å². The van der Waals surface area contributed by atoms with Gasteiger partial charge in [0.05, 0.1) is 11.3 Å². The smallest absolute Gasteiger partial charge is 0.379 e. The number of rotatable bonds is 2. The quantitative estimate of drug-likeness (QED) is 0.804. The van der Waals surface area contributed by atoms with Crippen molar-refractivity contribution in [3.63, 3.8) is 0 Å². The number of fused-ring (bicyclic) bond motifs is 1. The normalized spacial score (nSPS) is 22.8. The molecule has 2 atom stereocenters. The molecule has 1 aromatic carbocycles. The molecule has 1 aliphatic rings. The van der Waals surface area contributed by atoms with Crippen molar-refractivity contribution in [3.8, 4) is 0 Å². The van der Waals surface area contributed by atoms with E-state index in [-0.39, 0.29) is 23.8 Å². The zero-order valence-electron chi connectivity index (χ0n) is 9.81. The lowest BCUT2D eigenvalue weighted by Gasteiger charge is -2.18. The van der Waals surface area contributed by atoms with Gasteiger partial charge in [-0.3, -0.25) is 0 Å². The van der Waals surface area contributed by atoms with E-state index in [1.807, 2.05) is 0 Å². The number of alkyl halides is 3. The lowest BCUT2D eigenvalue weighted by atomic mass is 9.89. The van der Waals surface area contributed by atoms with Crippen molar-refractivity contribution < 1.29 is 17.6 Å². The second kappa shape index (κ2) is 4.42. The number of hydrogen-bond donors (Lipinski definition) is 2. The van der Waals surface area contributed by atoms with Crippen LogP contribution in [0.5, 0.6) is 0 Å². The summed E-state index contributed by atoms with van der Waals surface area (Å²) in [4.78, 5) is 0. The molecule has 100 valence electrons. The van der Waals surface area contributed by atoms with Gasteiger partial charge in [0.25, 0.3) is 0 Å². The van der Waals surface area contributed by atoms with E-state index in [0.717, 1.165) is 12.1 Å². The first kappa shape index (κ1) is 13.1. The SMILES string of the molecule is CC1Nc2c(F)ccc(C(F)(F)F)c2C1CCN. The van der Waals surface area contributed by atoms with Crippen LogP contribution in [0.2, 0.25) is 0 Å². The second-order valence-electron chi connectivity index (χ2n) is 4.50. The summed E-state index contributed by atoms with van der Waals surface area (Å²) in [6.45, 7) is 2.00. The number of benzene rings is 1. The molecule has 1 aromatic rings. The molecule has 0 aliphatic carbocycles. The second-order valence-corrected chi connectivity index (χ2v) is 4.50. The highest BCUT2D eigenvalue weighted by Gasteiger charge is 2.41. The van der Waals surface area contributed by atoms with Crippen LogP contribution < -0.4 is 11.1 Å². The Morgan fingerprint density at radius 2 is 2.00 bits per heavy atom. The third-order valence-corrected chi connectivity index (χ3v) is 3.32. The Labute approximate surface area is 102 Å². The number of anilines is 1. The molecule has 1 heterocycles. The van der Waals surface area contributed by atoms with Gasteiger partial charge in [-0.1, -0.05) is 0 Å². The van der Waals surface area contributed by atoms with Gasteiger partial charge in [-0.25, -0.2) is 4.39 Å². The Hall–Kier alpha value is -1.30. The summed E-state index contributed by atoms with van der Waals surface area (Å²) in [6, 6.07) is 1.41. The van der Waals surface area contributed by atoms with Gasteiger partial charge >= 0.3 is 6.18 Å². The third kappa shape index (κ3) is 2.05. The summed E-state index contributed by atoms with van der Waals surface area (Å²) in [5.41, 5.74) is 4.64. The highest BCUT2D eigenvalue weighted by molar-refractivity contribution is 5.63. The number of nitrogens with two attached hydrogens (primary N) is 1. The first-order valence-corrected chi connectivity index (χ1v) is 5.72. The van der Waals surface area contributed by atoms with Crippen LogP contribution in [0.4, 0.5) is 23.2 Å². The van der Waals surface area contributed by atoms with Crippen LogP contribution in [0.15, 0.2) is 12.1 Å². The van der Waals surface area contributed by atoms with E-state index in [4.69, 9.17) is 5.73 Å². The Kier molecular flexibility index (Phi) is 3.23. The van der Waals surface area contributed by atoms with E-state index >= 15 is 0 Å². The van der Waals surface area contributed by atoms with Crippen LogP contribution in [-0.4, -0.2) is 12.6 Å². The summed E-state index contributed by atoms with van der Waals surface area (Å²) in [5.74, 6) is -1.05. The summed E-state index contributed by atoms with van der Waals surface area (Å²) in [7, 11) is 0. The van der Waals surface area contributed by atoms with Gasteiger partial charge in [0.2, 0.25) is 0 Å². The van der Waals surface area contributed by atoms with Crippen LogP contribution in [0.25, 0.3) is 0 Å². The van der Waals surface area contributed by atoms with Gasteiger partial charge in [-0.05, 0) is 37.6 Å². The standard InChI is InChI=1S/C12H14F4N2/c1-6-7(4-5-17)10-8(12(14,15)16)2-3-9(13)11(10)18-6/h2-3,6-7,18H,4-5,17H2,1H3. The van der Waals surface area contributed by atoms with Gasteiger partial charge in [0.15, 0.2) is 0 Å². The highest BCUT2D eigenvalue weighted by Crippen LogP contribution is 2.46. The van der Waals surface area contributed by atoms with Crippen LogP contribution in [-0.2, 0) is 6.18 Å². The van der Waals surface area contributed by atoms with E-state index in [9.17, 15) is 17.6 Å². The van der Waals surface area contributed by atoms with Crippen molar-refractivity contribution in [1.29, 1.82) is 0 Å². The Bertz CT molecular complexity index is 456. The van der Waals surface area contributed by atoms with Crippen LogP contribution in [0.3, 0.4) is 0 Å². The molecule has 2 rings (SSSR count). The lowest BCUT2D eigenvalue weighted by Crippen LogP contribution is -2.20. The molecule has 0 amide bonds. The van der Waals surface area contributed by atoms with E-state index < -0.39 is 23.5 Å². The number of nitrogens with one attached hydrogen (secondary N) is 1.